The maximum Gasteiger partial charge on any atom is 0.573 e. The Kier molecular flexibility index (Phi) is 3.61. The van der Waals surface area contributed by atoms with Crippen molar-refractivity contribution in [2.24, 2.45) is 0 Å². The van der Waals surface area contributed by atoms with Gasteiger partial charge in [-0.3, -0.25) is 4.68 Å². The average molecular weight is 285 g/mol. The molecule has 0 bridgehead atoms. The summed E-state index contributed by atoms with van der Waals surface area (Å²) in [7, 11) is 0. The van der Waals surface area contributed by atoms with Gasteiger partial charge in [0.15, 0.2) is 0 Å². The number of ether oxygens (including phenoxy) is 1. The van der Waals surface area contributed by atoms with Crippen molar-refractivity contribution in [2.75, 3.05) is 5.73 Å². The quantitative estimate of drug-likeness (QED) is 0.943. The summed E-state index contributed by atoms with van der Waals surface area (Å²) in [5.74, 6) is -0.230. The first-order chi connectivity index (χ1) is 9.28. The largest absolute Gasteiger partial charge is 0.573 e. The van der Waals surface area contributed by atoms with Gasteiger partial charge in [-0.05, 0) is 19.9 Å². The summed E-state index contributed by atoms with van der Waals surface area (Å²) in [6, 6.07) is 5.97. The van der Waals surface area contributed by atoms with Crippen LogP contribution in [-0.2, 0) is 6.54 Å². The van der Waals surface area contributed by atoms with Gasteiger partial charge in [0, 0.05) is 5.56 Å². The van der Waals surface area contributed by atoms with E-state index in [-0.39, 0.29) is 12.3 Å². The van der Waals surface area contributed by atoms with Gasteiger partial charge in [0.2, 0.25) is 0 Å². The molecule has 0 fully saturated rings. The first-order valence-electron chi connectivity index (χ1n) is 5.91. The van der Waals surface area contributed by atoms with Gasteiger partial charge in [0.25, 0.3) is 0 Å². The van der Waals surface area contributed by atoms with Crippen molar-refractivity contribution in [2.45, 2.75) is 26.8 Å². The number of hydrogen-bond donors (Lipinski definition) is 1. The van der Waals surface area contributed by atoms with Gasteiger partial charge in [0.1, 0.15) is 5.75 Å². The molecule has 1 heterocycles. The summed E-state index contributed by atoms with van der Waals surface area (Å²) < 4.78 is 42.6. The maximum atomic E-state index is 12.3. The predicted octanol–water partition coefficient (Wildman–Crippen LogP) is 3.03. The summed E-state index contributed by atoms with van der Waals surface area (Å²) in [6.45, 7) is 3.68. The van der Waals surface area contributed by atoms with E-state index in [0.29, 0.717) is 22.6 Å². The van der Waals surface area contributed by atoms with E-state index < -0.39 is 6.36 Å². The molecule has 7 heteroatoms. The summed E-state index contributed by atoms with van der Waals surface area (Å²) in [6.07, 6.45) is -4.72. The fourth-order valence-corrected chi connectivity index (χ4v) is 1.88. The minimum Gasteiger partial charge on any atom is -0.405 e. The lowest BCUT2D eigenvalue weighted by molar-refractivity contribution is -0.274. The molecule has 108 valence electrons. The molecule has 0 radical (unpaired) electrons. The number of benzene rings is 1. The minimum absolute atomic E-state index is 0.163. The number of aromatic nitrogens is 2. The summed E-state index contributed by atoms with van der Waals surface area (Å²) >= 11 is 0. The van der Waals surface area contributed by atoms with Crippen LogP contribution < -0.4 is 10.5 Å². The van der Waals surface area contributed by atoms with Crippen LogP contribution in [0.5, 0.6) is 5.75 Å². The van der Waals surface area contributed by atoms with E-state index in [1.54, 1.807) is 30.7 Å². The number of alkyl halides is 3. The van der Waals surface area contributed by atoms with Crippen molar-refractivity contribution in [1.82, 2.24) is 9.78 Å². The van der Waals surface area contributed by atoms with E-state index in [0.717, 1.165) is 0 Å². The average Bonchev–Trinajstić information content (AvgIpc) is 2.58. The Morgan fingerprint density at radius 2 is 1.90 bits per heavy atom. The third-order valence-electron chi connectivity index (χ3n) is 2.96. The first kappa shape index (κ1) is 14.2. The van der Waals surface area contributed by atoms with Crippen molar-refractivity contribution in [3.63, 3.8) is 0 Å². The number of anilines is 1. The molecule has 0 spiro atoms. The van der Waals surface area contributed by atoms with Crippen LogP contribution in [0.1, 0.15) is 17.0 Å². The Labute approximate surface area is 114 Å². The SMILES string of the molecule is Cc1nn(Cc2ccccc2OC(F)(F)F)c(C)c1N. The van der Waals surface area contributed by atoms with E-state index in [2.05, 4.69) is 9.84 Å². The van der Waals surface area contributed by atoms with Gasteiger partial charge in [-0.2, -0.15) is 5.10 Å². The number of nitrogens with zero attached hydrogens (tertiary/aromatic N) is 2. The normalized spacial score (nSPS) is 11.7. The number of rotatable bonds is 3. The molecule has 0 aliphatic rings. The fourth-order valence-electron chi connectivity index (χ4n) is 1.88. The second-order valence-electron chi connectivity index (χ2n) is 4.40. The zero-order valence-corrected chi connectivity index (χ0v) is 11.0. The molecule has 0 aliphatic heterocycles. The molecule has 0 saturated heterocycles. The molecule has 4 nitrogen and oxygen atoms in total. The maximum absolute atomic E-state index is 12.3. The smallest absolute Gasteiger partial charge is 0.405 e. The monoisotopic (exact) mass is 285 g/mol. The van der Waals surface area contributed by atoms with Crippen molar-refractivity contribution in [3.8, 4) is 5.75 Å². The summed E-state index contributed by atoms with van der Waals surface area (Å²) in [5.41, 5.74) is 8.09. The van der Waals surface area contributed by atoms with E-state index in [4.69, 9.17) is 5.73 Å². The second kappa shape index (κ2) is 5.07. The third-order valence-corrected chi connectivity index (χ3v) is 2.96. The highest BCUT2D eigenvalue weighted by molar-refractivity contribution is 5.47. The Bertz CT molecular complexity index is 620. The zero-order valence-electron chi connectivity index (χ0n) is 11.0. The van der Waals surface area contributed by atoms with Crippen LogP contribution >= 0.6 is 0 Å². The Balaban J connectivity index is 2.32. The molecule has 2 rings (SSSR count). The Hall–Kier alpha value is -2.18. The summed E-state index contributed by atoms with van der Waals surface area (Å²) in [4.78, 5) is 0. The van der Waals surface area contributed by atoms with Gasteiger partial charge in [-0.15, -0.1) is 13.2 Å². The van der Waals surface area contributed by atoms with E-state index in [9.17, 15) is 13.2 Å². The molecule has 1 aromatic carbocycles. The van der Waals surface area contributed by atoms with E-state index in [1.807, 2.05) is 0 Å². The molecule has 0 unspecified atom stereocenters. The lowest BCUT2D eigenvalue weighted by Gasteiger charge is -2.13. The highest BCUT2D eigenvalue weighted by Gasteiger charge is 2.32. The molecule has 20 heavy (non-hydrogen) atoms. The Morgan fingerprint density at radius 1 is 1.25 bits per heavy atom. The fraction of sp³-hybridized carbons (Fsp3) is 0.308. The van der Waals surface area contributed by atoms with Gasteiger partial charge < -0.3 is 10.5 Å². The van der Waals surface area contributed by atoms with Crippen LogP contribution in [-0.4, -0.2) is 16.1 Å². The van der Waals surface area contributed by atoms with Crippen molar-refractivity contribution in [1.29, 1.82) is 0 Å². The molecule has 0 aliphatic carbocycles. The predicted molar refractivity (Wildman–Crippen MR) is 68.3 cm³/mol. The van der Waals surface area contributed by atoms with Crippen LogP contribution in [0.25, 0.3) is 0 Å². The number of halogens is 3. The van der Waals surface area contributed by atoms with E-state index >= 15 is 0 Å². The lowest BCUT2D eigenvalue weighted by Crippen LogP contribution is -2.18. The molecule has 2 N–H and O–H groups in total. The number of hydrogen-bond acceptors (Lipinski definition) is 3. The molecule has 2 aromatic rings. The van der Waals surface area contributed by atoms with Gasteiger partial charge in [-0.25, -0.2) is 0 Å². The summed E-state index contributed by atoms with van der Waals surface area (Å²) in [5, 5.41) is 4.20. The Morgan fingerprint density at radius 3 is 2.45 bits per heavy atom. The van der Waals surface area contributed by atoms with Crippen LogP contribution in [0.15, 0.2) is 24.3 Å². The van der Waals surface area contributed by atoms with Crippen LogP contribution in [0.3, 0.4) is 0 Å². The van der Waals surface area contributed by atoms with Crippen molar-refractivity contribution < 1.29 is 17.9 Å². The standard InChI is InChI=1S/C13H14F3N3O/c1-8-12(17)9(2)19(18-8)7-10-5-3-4-6-11(10)20-13(14,15)16/h3-6H,7,17H2,1-2H3. The molecule has 0 amide bonds. The van der Waals surface area contributed by atoms with Gasteiger partial charge in [0.05, 0.1) is 23.6 Å². The van der Waals surface area contributed by atoms with Gasteiger partial charge >= 0.3 is 6.36 Å². The zero-order chi connectivity index (χ0) is 14.9. The molecule has 1 aromatic heterocycles. The minimum atomic E-state index is -4.72. The highest BCUT2D eigenvalue weighted by atomic mass is 19.4. The van der Waals surface area contributed by atoms with Crippen molar-refractivity contribution in [3.05, 3.63) is 41.2 Å². The number of para-hydroxylation sites is 1. The van der Waals surface area contributed by atoms with Crippen molar-refractivity contribution >= 4 is 5.69 Å². The highest BCUT2D eigenvalue weighted by Crippen LogP contribution is 2.27. The molecular weight excluding hydrogens is 271 g/mol. The number of aryl methyl sites for hydroxylation is 1. The second-order valence-corrected chi connectivity index (χ2v) is 4.40. The number of nitrogen functional groups attached to an aromatic ring is 1. The van der Waals surface area contributed by atoms with Gasteiger partial charge in [-0.1, -0.05) is 18.2 Å². The lowest BCUT2D eigenvalue weighted by atomic mass is 10.2. The van der Waals surface area contributed by atoms with Crippen LogP contribution in [0.4, 0.5) is 18.9 Å². The molecular formula is C13H14F3N3O. The topological polar surface area (TPSA) is 53.1 Å². The number of nitrogens with two attached hydrogens (primary N) is 1. The first-order valence-corrected chi connectivity index (χ1v) is 5.91. The van der Waals surface area contributed by atoms with Crippen LogP contribution in [0.2, 0.25) is 0 Å². The molecule has 0 saturated carbocycles. The van der Waals surface area contributed by atoms with E-state index in [1.165, 1.54) is 12.1 Å². The third kappa shape index (κ3) is 3.04. The molecule has 0 atom stereocenters. The van der Waals surface area contributed by atoms with Crippen LogP contribution in [0, 0.1) is 13.8 Å².